The number of nitrogens with zero attached hydrogens (tertiary/aromatic N) is 1. The zero-order valence-corrected chi connectivity index (χ0v) is 13.0. The van der Waals surface area contributed by atoms with Gasteiger partial charge in [0.15, 0.2) is 0 Å². The molecule has 0 aliphatic carbocycles. The minimum absolute atomic E-state index is 0.0383. The third kappa shape index (κ3) is 2.91. The standard InChI is InChI=1S/C15H14Cl2N2O2/c1-19(2)13-7-11(16)10(6-12(13)17)8-4-3-5-9(14(8)20)15(18)21/h3-7,20H,1-2H3,(H2,18,21). The predicted molar refractivity (Wildman–Crippen MR) is 86.4 cm³/mol. The van der Waals surface area contributed by atoms with Crippen molar-refractivity contribution in [2.45, 2.75) is 0 Å². The van der Waals surface area contributed by atoms with E-state index in [9.17, 15) is 9.90 Å². The minimum atomic E-state index is -0.707. The van der Waals surface area contributed by atoms with Gasteiger partial charge in [0.05, 0.1) is 21.3 Å². The molecule has 110 valence electrons. The molecular weight excluding hydrogens is 311 g/mol. The minimum Gasteiger partial charge on any atom is -0.506 e. The first-order valence-electron chi connectivity index (χ1n) is 6.11. The quantitative estimate of drug-likeness (QED) is 0.907. The lowest BCUT2D eigenvalue weighted by Crippen LogP contribution is -2.11. The fourth-order valence-corrected chi connectivity index (χ4v) is 2.64. The Morgan fingerprint density at radius 1 is 1.14 bits per heavy atom. The van der Waals surface area contributed by atoms with Gasteiger partial charge >= 0.3 is 0 Å². The second-order valence-electron chi connectivity index (χ2n) is 4.74. The van der Waals surface area contributed by atoms with Gasteiger partial charge in [0.25, 0.3) is 5.91 Å². The molecule has 0 spiro atoms. The summed E-state index contributed by atoms with van der Waals surface area (Å²) in [5.74, 6) is -0.915. The summed E-state index contributed by atoms with van der Waals surface area (Å²) >= 11 is 12.5. The molecule has 0 bridgehead atoms. The number of primary amides is 1. The van der Waals surface area contributed by atoms with E-state index in [0.29, 0.717) is 21.2 Å². The molecular formula is C15H14Cl2N2O2. The van der Waals surface area contributed by atoms with Gasteiger partial charge in [0, 0.05) is 25.2 Å². The van der Waals surface area contributed by atoms with Crippen LogP contribution in [0.25, 0.3) is 11.1 Å². The van der Waals surface area contributed by atoms with E-state index >= 15 is 0 Å². The Labute approximate surface area is 132 Å². The van der Waals surface area contributed by atoms with Gasteiger partial charge in [-0.3, -0.25) is 4.79 Å². The number of aromatic hydroxyl groups is 1. The highest BCUT2D eigenvalue weighted by Crippen LogP contribution is 2.40. The van der Waals surface area contributed by atoms with Gasteiger partial charge < -0.3 is 15.7 Å². The second kappa shape index (κ2) is 5.84. The number of hydrogen-bond acceptors (Lipinski definition) is 3. The predicted octanol–water partition coefficient (Wildman–Crippen LogP) is 3.53. The number of hydrogen-bond donors (Lipinski definition) is 2. The second-order valence-corrected chi connectivity index (χ2v) is 5.56. The smallest absolute Gasteiger partial charge is 0.252 e. The summed E-state index contributed by atoms with van der Waals surface area (Å²) in [5.41, 5.74) is 6.97. The van der Waals surface area contributed by atoms with Crippen LogP contribution in [0.5, 0.6) is 5.75 Å². The Morgan fingerprint density at radius 3 is 2.38 bits per heavy atom. The normalized spacial score (nSPS) is 10.5. The number of para-hydroxylation sites is 1. The monoisotopic (exact) mass is 324 g/mol. The van der Waals surface area contributed by atoms with Crippen molar-refractivity contribution in [3.8, 4) is 16.9 Å². The summed E-state index contributed by atoms with van der Waals surface area (Å²) in [6.45, 7) is 0. The first-order valence-corrected chi connectivity index (χ1v) is 6.87. The Morgan fingerprint density at radius 2 is 1.81 bits per heavy atom. The molecule has 2 rings (SSSR count). The van der Waals surface area contributed by atoms with Crippen molar-refractivity contribution in [2.75, 3.05) is 19.0 Å². The van der Waals surface area contributed by atoms with Crippen molar-refractivity contribution in [3.05, 3.63) is 45.9 Å². The lowest BCUT2D eigenvalue weighted by molar-refractivity contribution is 0.0998. The van der Waals surface area contributed by atoms with Crippen LogP contribution < -0.4 is 10.6 Å². The molecule has 0 heterocycles. The summed E-state index contributed by atoms with van der Waals surface area (Å²) < 4.78 is 0. The number of benzene rings is 2. The summed E-state index contributed by atoms with van der Waals surface area (Å²) in [7, 11) is 3.70. The maximum absolute atomic E-state index is 11.3. The molecule has 0 saturated carbocycles. The van der Waals surface area contributed by atoms with Crippen LogP contribution in [0.15, 0.2) is 30.3 Å². The van der Waals surface area contributed by atoms with Gasteiger partial charge in [-0.25, -0.2) is 0 Å². The summed E-state index contributed by atoms with van der Waals surface area (Å²) in [5, 5.41) is 11.1. The van der Waals surface area contributed by atoms with Gasteiger partial charge in [0.2, 0.25) is 0 Å². The van der Waals surface area contributed by atoms with Crippen LogP contribution in [-0.2, 0) is 0 Å². The number of nitrogens with two attached hydrogens (primary N) is 1. The van der Waals surface area contributed by atoms with Crippen molar-refractivity contribution >= 4 is 34.8 Å². The van der Waals surface area contributed by atoms with Crippen LogP contribution in [0.2, 0.25) is 10.0 Å². The zero-order chi connectivity index (χ0) is 15.7. The summed E-state index contributed by atoms with van der Waals surface area (Å²) in [4.78, 5) is 13.1. The van der Waals surface area contributed by atoms with Crippen LogP contribution in [-0.4, -0.2) is 25.1 Å². The molecule has 21 heavy (non-hydrogen) atoms. The van der Waals surface area contributed by atoms with Crippen molar-refractivity contribution in [1.29, 1.82) is 0 Å². The molecule has 0 radical (unpaired) electrons. The number of phenols is 1. The summed E-state index contributed by atoms with van der Waals surface area (Å²) in [6.07, 6.45) is 0. The van der Waals surface area contributed by atoms with E-state index in [1.165, 1.54) is 6.07 Å². The molecule has 0 aliphatic rings. The van der Waals surface area contributed by atoms with Crippen molar-refractivity contribution in [3.63, 3.8) is 0 Å². The topological polar surface area (TPSA) is 66.6 Å². The third-order valence-corrected chi connectivity index (χ3v) is 3.73. The molecule has 1 amide bonds. The van der Waals surface area contributed by atoms with Crippen molar-refractivity contribution in [1.82, 2.24) is 0 Å². The number of rotatable bonds is 3. The molecule has 0 aromatic heterocycles. The van der Waals surface area contributed by atoms with E-state index in [1.807, 2.05) is 19.0 Å². The molecule has 0 aliphatic heterocycles. The lowest BCUT2D eigenvalue weighted by atomic mass is 10.0. The largest absolute Gasteiger partial charge is 0.506 e. The van der Waals surface area contributed by atoms with E-state index in [2.05, 4.69) is 0 Å². The molecule has 0 unspecified atom stereocenters. The maximum atomic E-state index is 11.3. The van der Waals surface area contributed by atoms with E-state index in [1.54, 1.807) is 24.3 Å². The number of anilines is 1. The highest BCUT2D eigenvalue weighted by Gasteiger charge is 2.17. The number of halogens is 2. The molecule has 6 heteroatoms. The average Bonchev–Trinajstić information content (AvgIpc) is 2.41. The number of amides is 1. The van der Waals surface area contributed by atoms with Gasteiger partial charge in [-0.05, 0) is 18.2 Å². The average molecular weight is 325 g/mol. The molecule has 3 N–H and O–H groups in total. The van der Waals surface area contributed by atoms with Crippen LogP contribution in [0.4, 0.5) is 5.69 Å². The van der Waals surface area contributed by atoms with Crippen LogP contribution in [0, 0.1) is 0 Å². The Hall–Kier alpha value is -1.91. The molecule has 4 nitrogen and oxygen atoms in total. The SMILES string of the molecule is CN(C)c1cc(Cl)c(-c2cccc(C(N)=O)c2O)cc1Cl. The fraction of sp³-hybridized carbons (Fsp3) is 0.133. The molecule has 2 aromatic carbocycles. The van der Waals surface area contributed by atoms with E-state index in [4.69, 9.17) is 28.9 Å². The highest BCUT2D eigenvalue weighted by molar-refractivity contribution is 6.37. The number of carbonyl (C=O) groups is 1. The van der Waals surface area contributed by atoms with E-state index < -0.39 is 5.91 Å². The highest BCUT2D eigenvalue weighted by atomic mass is 35.5. The summed E-state index contributed by atoms with van der Waals surface area (Å²) in [6, 6.07) is 8.08. The first-order chi connectivity index (χ1) is 9.82. The van der Waals surface area contributed by atoms with E-state index in [-0.39, 0.29) is 11.3 Å². The Bertz CT molecular complexity index is 715. The van der Waals surface area contributed by atoms with E-state index in [0.717, 1.165) is 5.69 Å². The van der Waals surface area contributed by atoms with Crippen LogP contribution in [0.3, 0.4) is 0 Å². The maximum Gasteiger partial charge on any atom is 0.252 e. The van der Waals surface area contributed by atoms with Crippen molar-refractivity contribution in [2.24, 2.45) is 5.73 Å². The molecule has 0 saturated heterocycles. The van der Waals surface area contributed by atoms with Gasteiger partial charge in [-0.2, -0.15) is 0 Å². The van der Waals surface area contributed by atoms with Gasteiger partial charge in [-0.1, -0.05) is 35.3 Å². The molecule has 0 atom stereocenters. The Kier molecular flexibility index (Phi) is 4.30. The third-order valence-electron chi connectivity index (χ3n) is 3.11. The van der Waals surface area contributed by atoms with Crippen molar-refractivity contribution < 1.29 is 9.90 Å². The first kappa shape index (κ1) is 15.5. The van der Waals surface area contributed by atoms with Crippen LogP contribution >= 0.6 is 23.2 Å². The fourth-order valence-electron chi connectivity index (χ4n) is 2.05. The lowest BCUT2D eigenvalue weighted by Gasteiger charge is -2.17. The van der Waals surface area contributed by atoms with Gasteiger partial charge in [0.1, 0.15) is 5.75 Å². The zero-order valence-electron chi connectivity index (χ0n) is 11.5. The molecule has 0 fully saturated rings. The Balaban J connectivity index is 2.66. The molecule has 2 aromatic rings. The van der Waals surface area contributed by atoms with Gasteiger partial charge in [-0.15, -0.1) is 0 Å². The van der Waals surface area contributed by atoms with Crippen LogP contribution in [0.1, 0.15) is 10.4 Å². The number of carbonyl (C=O) groups excluding carboxylic acids is 1.